The van der Waals surface area contributed by atoms with Gasteiger partial charge in [-0.25, -0.2) is 4.79 Å². The first-order chi connectivity index (χ1) is 3.18. The third kappa shape index (κ3) is 2.35. The summed E-state index contributed by atoms with van der Waals surface area (Å²) in [6.45, 7) is 1.54. The van der Waals surface area contributed by atoms with Gasteiger partial charge in [0.05, 0.1) is 0 Å². The van der Waals surface area contributed by atoms with Gasteiger partial charge in [0, 0.05) is 5.57 Å². The molecule has 0 spiro atoms. The zero-order valence-corrected chi connectivity index (χ0v) is 5.16. The Morgan fingerprint density at radius 3 is 2.29 bits per heavy atom. The fourth-order valence-electron chi connectivity index (χ4n) is 0.0713. The Morgan fingerprint density at radius 2 is 2.29 bits per heavy atom. The number of hydrogen-bond donors (Lipinski definition) is 1. The molecule has 0 aromatic rings. The second-order valence-corrected chi connectivity index (χ2v) is 1.49. The molecule has 0 amide bonds. The van der Waals surface area contributed by atoms with Crippen LogP contribution < -0.4 is 0 Å². The molecule has 0 heterocycles. The van der Waals surface area contributed by atoms with Crippen molar-refractivity contribution in [2.24, 2.45) is 0 Å². The molecule has 40 valence electrons. The van der Waals surface area contributed by atoms with Gasteiger partial charge in [0.1, 0.15) is 0 Å². The molecule has 1 atom stereocenters. The molecule has 0 aliphatic rings. The summed E-state index contributed by atoms with van der Waals surface area (Å²) in [6, 6.07) is 0. The molecule has 2 nitrogen and oxygen atoms in total. The lowest BCUT2D eigenvalue weighted by molar-refractivity contribution is -0.132. The molecular formula is C4H7O2P. The summed E-state index contributed by atoms with van der Waals surface area (Å²) in [4.78, 5) is 9.85. The minimum absolute atomic E-state index is 0.352. The largest absolute Gasteiger partial charge is 0.478 e. The van der Waals surface area contributed by atoms with Crippen LogP contribution in [0.1, 0.15) is 6.92 Å². The van der Waals surface area contributed by atoms with E-state index in [9.17, 15) is 4.79 Å². The Hall–Kier alpha value is -0.360. The van der Waals surface area contributed by atoms with Crippen molar-refractivity contribution in [3.05, 3.63) is 11.4 Å². The predicted octanol–water partition coefficient (Wildman–Crippen LogP) is 0.850. The van der Waals surface area contributed by atoms with Crippen molar-refractivity contribution in [3.63, 3.8) is 0 Å². The minimum atomic E-state index is -0.866. The number of carboxylic acids is 1. The summed E-state index contributed by atoms with van der Waals surface area (Å²) in [6.07, 6.45) is 0. The van der Waals surface area contributed by atoms with Gasteiger partial charge in [0.2, 0.25) is 0 Å². The maximum Gasteiger partial charge on any atom is 0.331 e. The van der Waals surface area contributed by atoms with Crippen LogP contribution in [-0.4, -0.2) is 11.1 Å². The van der Waals surface area contributed by atoms with Gasteiger partial charge >= 0.3 is 5.97 Å². The summed E-state index contributed by atoms with van der Waals surface area (Å²) in [5.41, 5.74) is 0.352. The number of hydrogen-bond acceptors (Lipinski definition) is 1. The van der Waals surface area contributed by atoms with Gasteiger partial charge in [-0.05, 0) is 6.92 Å². The highest BCUT2D eigenvalue weighted by atomic mass is 31.0. The zero-order valence-electron chi connectivity index (χ0n) is 4.01. The van der Waals surface area contributed by atoms with E-state index in [1.807, 2.05) is 0 Å². The molecule has 7 heavy (non-hydrogen) atoms. The summed E-state index contributed by atoms with van der Waals surface area (Å²) in [7, 11) is 2.22. The van der Waals surface area contributed by atoms with Gasteiger partial charge < -0.3 is 5.11 Å². The van der Waals surface area contributed by atoms with E-state index in [4.69, 9.17) is 5.11 Å². The van der Waals surface area contributed by atoms with E-state index in [-0.39, 0.29) is 0 Å². The molecule has 1 unspecified atom stereocenters. The third-order valence-electron chi connectivity index (χ3n) is 0.587. The fraction of sp³-hybridized carbons (Fsp3) is 0.250. The molecule has 0 fully saturated rings. The van der Waals surface area contributed by atoms with Crippen LogP contribution in [0.3, 0.4) is 0 Å². The molecule has 0 bridgehead atoms. The molecule has 3 heteroatoms. The van der Waals surface area contributed by atoms with E-state index < -0.39 is 5.97 Å². The average molecular weight is 118 g/mol. The number of carboxylic acid groups (broad SMARTS) is 1. The highest BCUT2D eigenvalue weighted by molar-refractivity contribution is 7.20. The van der Waals surface area contributed by atoms with E-state index in [1.54, 1.807) is 0 Å². The Labute approximate surface area is 44.4 Å². The Kier molecular flexibility index (Phi) is 2.61. The van der Waals surface area contributed by atoms with Crippen LogP contribution in [0.15, 0.2) is 11.4 Å². The van der Waals surface area contributed by atoms with E-state index >= 15 is 0 Å². The van der Waals surface area contributed by atoms with Crippen molar-refractivity contribution < 1.29 is 9.90 Å². The monoisotopic (exact) mass is 118 g/mol. The van der Waals surface area contributed by atoms with E-state index in [0.29, 0.717) is 5.57 Å². The molecule has 0 aliphatic heterocycles. The highest BCUT2D eigenvalue weighted by Gasteiger charge is 1.93. The van der Waals surface area contributed by atoms with E-state index in [1.165, 1.54) is 12.7 Å². The summed E-state index contributed by atoms with van der Waals surface area (Å²) in [5, 5.41) is 8.10. The van der Waals surface area contributed by atoms with Crippen molar-refractivity contribution >= 4 is 15.2 Å². The van der Waals surface area contributed by atoms with Crippen molar-refractivity contribution in [1.29, 1.82) is 0 Å². The smallest absolute Gasteiger partial charge is 0.331 e. The molecule has 0 saturated heterocycles. The molecule has 0 aromatic heterocycles. The Balaban J connectivity index is 3.82. The third-order valence-corrected chi connectivity index (χ3v) is 1.09. The maximum atomic E-state index is 9.85. The van der Waals surface area contributed by atoms with Gasteiger partial charge in [0.15, 0.2) is 0 Å². The molecule has 0 aliphatic carbocycles. The van der Waals surface area contributed by atoms with Crippen LogP contribution in [0.4, 0.5) is 0 Å². The first-order valence-electron chi connectivity index (χ1n) is 1.80. The average Bonchev–Trinajstić information content (AvgIpc) is 1.65. The summed E-state index contributed by atoms with van der Waals surface area (Å²) >= 11 is 0. The minimum Gasteiger partial charge on any atom is -0.478 e. The van der Waals surface area contributed by atoms with Crippen molar-refractivity contribution in [2.75, 3.05) is 0 Å². The first kappa shape index (κ1) is 6.64. The van der Waals surface area contributed by atoms with Crippen molar-refractivity contribution in [1.82, 2.24) is 0 Å². The standard InChI is InChI=1S/C4H7O2P/c1-3(2-7)4(5)6/h2H,7H2,1H3,(H,5,6). The second-order valence-electron chi connectivity index (χ2n) is 1.15. The first-order valence-corrected chi connectivity index (χ1v) is 2.47. The van der Waals surface area contributed by atoms with Crippen LogP contribution in [0.25, 0.3) is 0 Å². The lowest BCUT2D eigenvalue weighted by Gasteiger charge is -1.83. The normalized spacial score (nSPS) is 11.4. The second kappa shape index (κ2) is 2.75. The van der Waals surface area contributed by atoms with Gasteiger partial charge in [-0.1, -0.05) is 5.82 Å². The van der Waals surface area contributed by atoms with Crippen LogP contribution >= 0.6 is 9.24 Å². The highest BCUT2D eigenvalue weighted by Crippen LogP contribution is 1.95. The fourth-order valence-corrected chi connectivity index (χ4v) is 0.214. The quantitative estimate of drug-likeness (QED) is 0.409. The molecule has 0 aromatic carbocycles. The number of carbonyl (C=O) groups is 1. The topological polar surface area (TPSA) is 37.3 Å². The van der Waals surface area contributed by atoms with Gasteiger partial charge in [-0.3, -0.25) is 0 Å². The Morgan fingerprint density at radius 1 is 1.86 bits per heavy atom. The predicted molar refractivity (Wildman–Crippen MR) is 31.1 cm³/mol. The number of aliphatic carboxylic acids is 1. The SMILES string of the molecule is CC(=CP)C(=O)O. The van der Waals surface area contributed by atoms with Crippen molar-refractivity contribution in [3.8, 4) is 0 Å². The lowest BCUT2D eigenvalue weighted by Crippen LogP contribution is -1.93. The summed E-state index contributed by atoms with van der Waals surface area (Å²) < 4.78 is 0. The lowest BCUT2D eigenvalue weighted by atomic mass is 10.4. The van der Waals surface area contributed by atoms with Crippen LogP contribution in [0.2, 0.25) is 0 Å². The van der Waals surface area contributed by atoms with Gasteiger partial charge in [0.25, 0.3) is 0 Å². The van der Waals surface area contributed by atoms with Crippen LogP contribution in [-0.2, 0) is 4.79 Å². The maximum absolute atomic E-state index is 9.85. The number of rotatable bonds is 1. The van der Waals surface area contributed by atoms with E-state index in [0.717, 1.165) is 0 Å². The molecule has 0 radical (unpaired) electrons. The molecule has 0 saturated carbocycles. The van der Waals surface area contributed by atoms with Crippen LogP contribution in [0, 0.1) is 0 Å². The molecule has 1 N–H and O–H groups in total. The molecule has 0 rings (SSSR count). The van der Waals surface area contributed by atoms with Crippen LogP contribution in [0.5, 0.6) is 0 Å². The van der Waals surface area contributed by atoms with Crippen molar-refractivity contribution in [2.45, 2.75) is 6.92 Å². The molecular weight excluding hydrogens is 111 g/mol. The zero-order chi connectivity index (χ0) is 5.86. The summed E-state index contributed by atoms with van der Waals surface area (Å²) in [5.74, 6) is 0.609. The van der Waals surface area contributed by atoms with Gasteiger partial charge in [-0.15, -0.1) is 9.24 Å². The van der Waals surface area contributed by atoms with Gasteiger partial charge in [-0.2, -0.15) is 0 Å². The van der Waals surface area contributed by atoms with E-state index in [2.05, 4.69) is 9.24 Å². The Bertz CT molecular complexity index is 106.